The van der Waals surface area contributed by atoms with Gasteiger partial charge in [-0.25, -0.2) is 8.42 Å². The first-order chi connectivity index (χ1) is 8.92. The van der Waals surface area contributed by atoms with E-state index in [0.29, 0.717) is 12.8 Å². The van der Waals surface area contributed by atoms with E-state index in [1.807, 2.05) is 0 Å². The van der Waals surface area contributed by atoms with Gasteiger partial charge in [0.2, 0.25) is 0 Å². The molecule has 0 aromatic heterocycles. The SMILES string of the molecule is CC1=C(C(=O)N[C@@H]2CCCC[C@H]2O)S(=O)(=O)CCO1. The Morgan fingerprint density at radius 1 is 1.37 bits per heavy atom. The van der Waals surface area contributed by atoms with E-state index in [0.717, 1.165) is 12.8 Å². The number of rotatable bonds is 2. The molecule has 2 rings (SSSR count). The van der Waals surface area contributed by atoms with E-state index >= 15 is 0 Å². The lowest BCUT2D eigenvalue weighted by Gasteiger charge is -2.29. The normalized spacial score (nSPS) is 30.6. The summed E-state index contributed by atoms with van der Waals surface area (Å²) in [5, 5.41) is 12.4. The minimum absolute atomic E-state index is 0.0804. The maximum atomic E-state index is 12.1. The molecule has 1 fully saturated rings. The fourth-order valence-corrected chi connectivity index (χ4v) is 3.85. The number of aliphatic hydroxyl groups excluding tert-OH is 1. The Hall–Kier alpha value is -1.08. The molecule has 0 unspecified atom stereocenters. The Balaban J connectivity index is 2.15. The van der Waals surface area contributed by atoms with Crippen LogP contribution in [0, 0.1) is 0 Å². The number of carbonyl (C=O) groups is 1. The molecule has 1 aliphatic carbocycles. The summed E-state index contributed by atoms with van der Waals surface area (Å²) in [7, 11) is -3.58. The number of sulfone groups is 1. The van der Waals surface area contributed by atoms with E-state index < -0.39 is 21.8 Å². The van der Waals surface area contributed by atoms with Crippen molar-refractivity contribution in [3.05, 3.63) is 10.7 Å². The van der Waals surface area contributed by atoms with Gasteiger partial charge in [-0.15, -0.1) is 0 Å². The predicted molar refractivity (Wildman–Crippen MR) is 68.8 cm³/mol. The van der Waals surface area contributed by atoms with Crippen molar-refractivity contribution in [1.82, 2.24) is 5.32 Å². The number of nitrogens with one attached hydrogen (secondary N) is 1. The molecule has 0 bridgehead atoms. The zero-order chi connectivity index (χ0) is 14.0. The molecule has 2 atom stereocenters. The largest absolute Gasteiger partial charge is 0.496 e. The van der Waals surface area contributed by atoms with Crippen LogP contribution in [-0.4, -0.2) is 43.9 Å². The molecule has 0 radical (unpaired) electrons. The molecule has 1 aliphatic heterocycles. The Labute approximate surface area is 112 Å². The van der Waals surface area contributed by atoms with E-state index in [1.165, 1.54) is 6.92 Å². The molecule has 1 heterocycles. The summed E-state index contributed by atoms with van der Waals surface area (Å²) in [4.78, 5) is 11.8. The van der Waals surface area contributed by atoms with Gasteiger partial charge in [-0.05, 0) is 19.8 Å². The van der Waals surface area contributed by atoms with Crippen molar-refractivity contribution in [3.63, 3.8) is 0 Å². The van der Waals surface area contributed by atoms with Crippen LogP contribution in [0.25, 0.3) is 0 Å². The molecular formula is C12H19NO5S. The van der Waals surface area contributed by atoms with E-state index in [4.69, 9.17) is 4.74 Å². The van der Waals surface area contributed by atoms with Gasteiger partial charge in [0.25, 0.3) is 5.91 Å². The monoisotopic (exact) mass is 289 g/mol. The first-order valence-corrected chi connectivity index (χ1v) is 8.12. The van der Waals surface area contributed by atoms with Gasteiger partial charge in [-0.1, -0.05) is 12.8 Å². The van der Waals surface area contributed by atoms with E-state index in [-0.39, 0.29) is 29.1 Å². The lowest BCUT2D eigenvalue weighted by atomic mass is 9.92. The van der Waals surface area contributed by atoms with Crippen molar-refractivity contribution >= 4 is 15.7 Å². The van der Waals surface area contributed by atoms with Crippen LogP contribution in [0.2, 0.25) is 0 Å². The minimum Gasteiger partial charge on any atom is -0.496 e. The van der Waals surface area contributed by atoms with Crippen LogP contribution in [0.4, 0.5) is 0 Å². The second kappa shape index (κ2) is 5.50. The molecular weight excluding hydrogens is 270 g/mol. The Morgan fingerprint density at radius 3 is 2.68 bits per heavy atom. The quantitative estimate of drug-likeness (QED) is 0.751. The van der Waals surface area contributed by atoms with Crippen LogP contribution < -0.4 is 5.32 Å². The first kappa shape index (κ1) is 14.3. The van der Waals surface area contributed by atoms with Crippen molar-refractivity contribution in [1.29, 1.82) is 0 Å². The standard InChI is InChI=1S/C12H19NO5S/c1-8-11(19(16,17)7-6-18-8)12(15)13-9-4-2-3-5-10(9)14/h9-10,14H,2-7H2,1H3,(H,13,15)/t9-,10-/m1/s1. The molecule has 0 saturated heterocycles. The summed E-state index contributed by atoms with van der Waals surface area (Å²) in [6, 6.07) is -0.376. The highest BCUT2D eigenvalue weighted by atomic mass is 32.2. The molecule has 108 valence electrons. The van der Waals surface area contributed by atoms with Crippen LogP contribution in [0.1, 0.15) is 32.6 Å². The summed E-state index contributed by atoms with van der Waals surface area (Å²) in [5.41, 5.74) is 0. The number of ether oxygens (including phenoxy) is 1. The van der Waals surface area contributed by atoms with Gasteiger partial charge in [0.05, 0.1) is 17.9 Å². The number of hydrogen-bond acceptors (Lipinski definition) is 5. The topological polar surface area (TPSA) is 92.7 Å². The van der Waals surface area contributed by atoms with Crippen LogP contribution in [0.15, 0.2) is 10.7 Å². The highest BCUT2D eigenvalue weighted by molar-refractivity contribution is 7.96. The van der Waals surface area contributed by atoms with Gasteiger partial charge in [-0.3, -0.25) is 4.79 Å². The van der Waals surface area contributed by atoms with Crippen molar-refractivity contribution in [2.45, 2.75) is 44.8 Å². The minimum atomic E-state index is -3.58. The molecule has 2 aliphatic rings. The molecule has 0 aromatic rings. The average molecular weight is 289 g/mol. The van der Waals surface area contributed by atoms with Crippen molar-refractivity contribution < 1.29 is 23.1 Å². The van der Waals surface area contributed by atoms with Gasteiger partial charge < -0.3 is 15.2 Å². The third-order valence-corrected chi connectivity index (χ3v) is 5.35. The third-order valence-electron chi connectivity index (χ3n) is 3.55. The maximum absolute atomic E-state index is 12.1. The summed E-state index contributed by atoms with van der Waals surface area (Å²) in [5.74, 6) is -0.711. The number of aliphatic hydroxyl groups is 1. The zero-order valence-corrected chi connectivity index (χ0v) is 11.7. The fraction of sp³-hybridized carbons (Fsp3) is 0.750. The highest BCUT2D eigenvalue weighted by Crippen LogP contribution is 2.22. The van der Waals surface area contributed by atoms with Crippen LogP contribution in [0.3, 0.4) is 0 Å². The van der Waals surface area contributed by atoms with Crippen molar-refractivity contribution in [2.75, 3.05) is 12.4 Å². The number of carbonyl (C=O) groups excluding carboxylic acids is 1. The van der Waals surface area contributed by atoms with Crippen LogP contribution in [0.5, 0.6) is 0 Å². The summed E-state index contributed by atoms with van der Waals surface area (Å²) < 4.78 is 28.9. The first-order valence-electron chi connectivity index (χ1n) is 6.47. The van der Waals surface area contributed by atoms with E-state index in [1.54, 1.807) is 0 Å². The zero-order valence-electron chi connectivity index (χ0n) is 10.9. The van der Waals surface area contributed by atoms with Gasteiger partial charge in [0.15, 0.2) is 14.7 Å². The van der Waals surface area contributed by atoms with Gasteiger partial charge in [-0.2, -0.15) is 0 Å². The van der Waals surface area contributed by atoms with Crippen LogP contribution >= 0.6 is 0 Å². The molecule has 2 N–H and O–H groups in total. The molecule has 6 nitrogen and oxygen atoms in total. The number of amides is 1. The van der Waals surface area contributed by atoms with Crippen molar-refractivity contribution in [3.8, 4) is 0 Å². The lowest BCUT2D eigenvalue weighted by molar-refractivity contribution is -0.119. The number of allylic oxidation sites excluding steroid dienone is 1. The summed E-state index contributed by atoms with van der Waals surface area (Å²) in [6.45, 7) is 1.56. The average Bonchev–Trinajstić information content (AvgIpc) is 2.30. The highest BCUT2D eigenvalue weighted by Gasteiger charge is 2.34. The summed E-state index contributed by atoms with van der Waals surface area (Å²) >= 11 is 0. The smallest absolute Gasteiger partial charge is 0.266 e. The Bertz CT molecular complexity index is 496. The Morgan fingerprint density at radius 2 is 2.05 bits per heavy atom. The Kier molecular flexibility index (Phi) is 4.15. The van der Waals surface area contributed by atoms with Gasteiger partial charge in [0, 0.05) is 0 Å². The second-order valence-electron chi connectivity index (χ2n) is 4.98. The van der Waals surface area contributed by atoms with Gasteiger partial charge in [0.1, 0.15) is 12.4 Å². The molecule has 19 heavy (non-hydrogen) atoms. The fourth-order valence-electron chi connectivity index (χ4n) is 2.51. The van der Waals surface area contributed by atoms with Gasteiger partial charge >= 0.3 is 0 Å². The number of hydrogen-bond donors (Lipinski definition) is 2. The molecule has 0 aromatic carbocycles. The second-order valence-corrected chi connectivity index (χ2v) is 7.03. The molecule has 1 saturated carbocycles. The molecule has 1 amide bonds. The third kappa shape index (κ3) is 3.09. The summed E-state index contributed by atoms with van der Waals surface area (Å²) in [6.07, 6.45) is 2.54. The molecule has 7 heteroatoms. The van der Waals surface area contributed by atoms with Crippen molar-refractivity contribution in [2.24, 2.45) is 0 Å². The van der Waals surface area contributed by atoms with E-state index in [2.05, 4.69) is 5.32 Å². The van der Waals surface area contributed by atoms with Crippen LogP contribution in [-0.2, 0) is 19.4 Å². The maximum Gasteiger partial charge on any atom is 0.266 e. The lowest BCUT2D eigenvalue weighted by Crippen LogP contribution is -2.47. The van der Waals surface area contributed by atoms with E-state index in [9.17, 15) is 18.3 Å². The molecule has 0 spiro atoms. The predicted octanol–water partition coefficient (Wildman–Crippen LogP) is 0.0826.